The Kier molecular flexibility index (Phi) is 2.56. The molecule has 0 saturated carbocycles. The summed E-state index contributed by atoms with van der Waals surface area (Å²) in [5.41, 5.74) is 3.38. The summed E-state index contributed by atoms with van der Waals surface area (Å²) in [6.45, 7) is 0. The minimum atomic E-state index is -0.944. The first kappa shape index (κ1) is 12.6. The van der Waals surface area contributed by atoms with E-state index in [1.807, 2.05) is 42.5 Å². The van der Waals surface area contributed by atoms with Crippen molar-refractivity contribution in [1.29, 1.82) is 0 Å². The van der Waals surface area contributed by atoms with Gasteiger partial charge < -0.3 is 14.7 Å². The van der Waals surface area contributed by atoms with Crippen LogP contribution in [0, 0.1) is 0 Å². The maximum atomic E-state index is 11.8. The number of carboxylic acids is 1. The number of carbonyl (C=O) groups is 1. The van der Waals surface area contributed by atoms with Crippen LogP contribution in [-0.2, 0) is 7.05 Å². The Morgan fingerprint density at radius 2 is 2.05 bits per heavy atom. The number of pyridine rings is 1. The fraction of sp³-hybridized carbons (Fsp3) is 0.0588. The van der Waals surface area contributed by atoms with Crippen molar-refractivity contribution in [2.24, 2.45) is 7.05 Å². The van der Waals surface area contributed by atoms with E-state index in [0.717, 1.165) is 27.6 Å². The number of hydrogen-bond acceptors (Lipinski definition) is 2. The molecule has 1 aromatic carbocycles. The molecule has 3 aromatic heterocycles. The van der Waals surface area contributed by atoms with Crippen LogP contribution in [0.15, 0.2) is 48.7 Å². The van der Waals surface area contributed by atoms with Gasteiger partial charge in [-0.05, 0) is 24.3 Å². The number of aromatic carboxylic acids is 1. The first-order chi connectivity index (χ1) is 10.7. The number of carboxylic acid groups (broad SMARTS) is 1. The van der Waals surface area contributed by atoms with Gasteiger partial charge in [-0.15, -0.1) is 0 Å². The maximum absolute atomic E-state index is 11.8. The summed E-state index contributed by atoms with van der Waals surface area (Å²) < 4.78 is 1.71. The first-order valence-electron chi connectivity index (χ1n) is 6.91. The molecule has 108 valence electrons. The summed E-state index contributed by atoms with van der Waals surface area (Å²) in [5.74, 6) is -0.944. The van der Waals surface area contributed by atoms with E-state index in [9.17, 15) is 9.90 Å². The molecule has 0 amide bonds. The minimum absolute atomic E-state index is 0.271. The molecule has 2 N–H and O–H groups in total. The molecule has 0 atom stereocenters. The van der Waals surface area contributed by atoms with Crippen molar-refractivity contribution in [3.63, 3.8) is 0 Å². The van der Waals surface area contributed by atoms with E-state index >= 15 is 0 Å². The quantitative estimate of drug-likeness (QED) is 0.594. The fourth-order valence-corrected chi connectivity index (χ4v) is 3.01. The normalized spacial score (nSPS) is 11.3. The molecule has 4 rings (SSSR count). The summed E-state index contributed by atoms with van der Waals surface area (Å²) in [5, 5.41) is 11.5. The molecule has 22 heavy (non-hydrogen) atoms. The van der Waals surface area contributed by atoms with Crippen LogP contribution in [0.3, 0.4) is 0 Å². The van der Waals surface area contributed by atoms with Crippen LogP contribution in [0.4, 0.5) is 0 Å². The zero-order valence-electron chi connectivity index (χ0n) is 11.9. The van der Waals surface area contributed by atoms with Gasteiger partial charge in [0, 0.05) is 35.1 Å². The number of rotatable bonds is 2. The van der Waals surface area contributed by atoms with Gasteiger partial charge in [0.25, 0.3) is 0 Å². The maximum Gasteiger partial charge on any atom is 0.353 e. The molecule has 0 aliphatic rings. The van der Waals surface area contributed by atoms with Crippen molar-refractivity contribution in [1.82, 2.24) is 14.5 Å². The van der Waals surface area contributed by atoms with Crippen molar-refractivity contribution in [3.05, 3.63) is 54.4 Å². The second kappa shape index (κ2) is 4.46. The van der Waals surface area contributed by atoms with Gasteiger partial charge >= 0.3 is 5.97 Å². The molecular formula is C17H13N3O2. The van der Waals surface area contributed by atoms with Crippen molar-refractivity contribution in [3.8, 4) is 11.3 Å². The second-order valence-electron chi connectivity index (χ2n) is 5.23. The summed E-state index contributed by atoms with van der Waals surface area (Å²) in [7, 11) is 1.77. The lowest BCUT2D eigenvalue weighted by atomic mass is 10.1. The number of nitrogens with one attached hydrogen (secondary N) is 1. The van der Waals surface area contributed by atoms with Crippen LogP contribution in [-0.4, -0.2) is 25.6 Å². The lowest BCUT2D eigenvalue weighted by molar-refractivity contribution is 0.0688. The molecule has 0 unspecified atom stereocenters. The van der Waals surface area contributed by atoms with Gasteiger partial charge in [-0.25, -0.2) is 9.78 Å². The molecule has 0 saturated heterocycles. The molecule has 5 heteroatoms. The molecule has 3 heterocycles. The highest BCUT2D eigenvalue weighted by atomic mass is 16.4. The molecule has 0 bridgehead atoms. The Balaban J connectivity index is 2.13. The average Bonchev–Trinajstić information content (AvgIpc) is 3.06. The zero-order valence-corrected chi connectivity index (χ0v) is 11.9. The van der Waals surface area contributed by atoms with Gasteiger partial charge in [0.2, 0.25) is 0 Å². The monoisotopic (exact) mass is 291 g/mol. The summed E-state index contributed by atoms with van der Waals surface area (Å²) in [6, 6.07) is 13.4. The van der Waals surface area contributed by atoms with Gasteiger partial charge in [-0.3, -0.25) is 0 Å². The molecule has 4 aromatic rings. The molecule has 0 aliphatic heterocycles. The fourth-order valence-electron chi connectivity index (χ4n) is 3.01. The number of fused-ring (bicyclic) bond motifs is 2. The van der Waals surface area contributed by atoms with E-state index in [1.165, 1.54) is 0 Å². The van der Waals surface area contributed by atoms with E-state index in [2.05, 4.69) is 9.97 Å². The van der Waals surface area contributed by atoms with Crippen molar-refractivity contribution < 1.29 is 9.90 Å². The summed E-state index contributed by atoms with van der Waals surface area (Å²) >= 11 is 0. The number of hydrogen-bond donors (Lipinski definition) is 2. The van der Waals surface area contributed by atoms with E-state index in [1.54, 1.807) is 17.8 Å². The van der Waals surface area contributed by atoms with E-state index in [-0.39, 0.29) is 5.69 Å². The molecule has 0 spiro atoms. The standard InChI is InChI=1S/C17H13N3O2/c1-20-13-7-3-2-6-11(13)14(15(20)17(21)22)12-9-10-5-4-8-18-16(10)19-12/h2-9H,1H3,(H,18,19)(H,21,22). The summed E-state index contributed by atoms with van der Waals surface area (Å²) in [6.07, 6.45) is 1.71. The molecule has 0 aliphatic carbocycles. The Bertz CT molecular complexity index is 994. The number of benzene rings is 1. The van der Waals surface area contributed by atoms with Crippen LogP contribution in [0.25, 0.3) is 33.2 Å². The number of aromatic amines is 1. The van der Waals surface area contributed by atoms with Crippen LogP contribution in [0.1, 0.15) is 10.5 Å². The Hall–Kier alpha value is -3.08. The second-order valence-corrected chi connectivity index (χ2v) is 5.23. The average molecular weight is 291 g/mol. The van der Waals surface area contributed by atoms with E-state index in [4.69, 9.17) is 0 Å². The third kappa shape index (κ3) is 1.65. The third-order valence-electron chi connectivity index (χ3n) is 3.97. The van der Waals surface area contributed by atoms with Crippen LogP contribution < -0.4 is 0 Å². The Morgan fingerprint density at radius 3 is 2.82 bits per heavy atom. The van der Waals surface area contributed by atoms with Crippen LogP contribution in [0.2, 0.25) is 0 Å². The van der Waals surface area contributed by atoms with E-state index in [0.29, 0.717) is 5.56 Å². The highest BCUT2D eigenvalue weighted by Gasteiger charge is 2.22. The van der Waals surface area contributed by atoms with E-state index < -0.39 is 5.97 Å². The highest BCUT2D eigenvalue weighted by molar-refractivity contribution is 6.08. The number of aryl methyl sites for hydroxylation is 1. The summed E-state index contributed by atoms with van der Waals surface area (Å²) in [4.78, 5) is 19.3. The predicted molar refractivity (Wildman–Crippen MR) is 85.0 cm³/mol. The SMILES string of the molecule is Cn1c(C(=O)O)c(-c2cc3cccnc3[nH]2)c2ccccc21. The number of nitrogens with zero attached hydrogens (tertiary/aromatic N) is 2. The topological polar surface area (TPSA) is 70.9 Å². The third-order valence-corrected chi connectivity index (χ3v) is 3.97. The lowest BCUT2D eigenvalue weighted by Gasteiger charge is -2.01. The van der Waals surface area contributed by atoms with Crippen molar-refractivity contribution in [2.75, 3.05) is 0 Å². The van der Waals surface area contributed by atoms with Gasteiger partial charge in [-0.1, -0.05) is 18.2 Å². The number of H-pyrrole nitrogens is 1. The predicted octanol–water partition coefficient (Wildman–Crippen LogP) is 3.42. The Morgan fingerprint density at radius 1 is 1.23 bits per heavy atom. The Labute approximate surface area is 125 Å². The molecule has 0 radical (unpaired) electrons. The van der Waals surface area contributed by atoms with Crippen LogP contribution in [0.5, 0.6) is 0 Å². The van der Waals surface area contributed by atoms with Crippen molar-refractivity contribution in [2.45, 2.75) is 0 Å². The van der Waals surface area contributed by atoms with Gasteiger partial charge in [0.15, 0.2) is 0 Å². The molecule has 0 fully saturated rings. The van der Waals surface area contributed by atoms with Crippen LogP contribution >= 0.6 is 0 Å². The number of para-hydroxylation sites is 1. The molecular weight excluding hydrogens is 278 g/mol. The number of aromatic nitrogens is 3. The lowest BCUT2D eigenvalue weighted by Crippen LogP contribution is -2.05. The first-order valence-corrected chi connectivity index (χ1v) is 6.91. The highest BCUT2D eigenvalue weighted by Crippen LogP contribution is 2.35. The largest absolute Gasteiger partial charge is 0.477 e. The van der Waals surface area contributed by atoms with Gasteiger partial charge in [-0.2, -0.15) is 0 Å². The van der Waals surface area contributed by atoms with Gasteiger partial charge in [0.05, 0.1) is 5.69 Å². The van der Waals surface area contributed by atoms with Crippen molar-refractivity contribution >= 4 is 27.9 Å². The zero-order chi connectivity index (χ0) is 15.3. The van der Waals surface area contributed by atoms with Gasteiger partial charge in [0.1, 0.15) is 11.3 Å². The smallest absolute Gasteiger partial charge is 0.353 e. The molecule has 5 nitrogen and oxygen atoms in total. The minimum Gasteiger partial charge on any atom is -0.477 e.